The van der Waals surface area contributed by atoms with Crippen LogP contribution in [0.5, 0.6) is 0 Å². The molecule has 2 N–H and O–H groups in total. The van der Waals surface area contributed by atoms with E-state index in [2.05, 4.69) is 10.3 Å². The average molecular weight is 312 g/mol. The normalized spacial score (nSPS) is 17.5. The number of carbonyl (C=O) groups excluding carboxylic acids is 1. The molecule has 118 valence electrons. The lowest BCUT2D eigenvalue weighted by Gasteiger charge is -2.22. The van der Waals surface area contributed by atoms with Gasteiger partial charge in [-0.2, -0.15) is 0 Å². The highest BCUT2D eigenvalue weighted by Gasteiger charge is 2.25. The Labute approximate surface area is 129 Å². The molecule has 1 aliphatic carbocycles. The molecule has 0 saturated heterocycles. The highest BCUT2D eigenvalue weighted by Crippen LogP contribution is 2.34. The van der Waals surface area contributed by atoms with Crippen LogP contribution >= 0.6 is 11.3 Å². The van der Waals surface area contributed by atoms with E-state index in [0.29, 0.717) is 17.8 Å². The second kappa shape index (κ2) is 6.85. The number of aryl methyl sites for hydroxylation is 1. The molecule has 1 unspecified atom stereocenters. The monoisotopic (exact) mass is 312 g/mol. The van der Waals surface area contributed by atoms with Gasteiger partial charge >= 0.3 is 0 Å². The molecular weight excluding hydrogens is 288 g/mol. The number of amides is 1. The number of carbonyl (C=O) groups is 1. The fourth-order valence-corrected chi connectivity index (χ4v) is 3.32. The number of thiazole rings is 1. The summed E-state index contributed by atoms with van der Waals surface area (Å²) < 4.78 is 4.94. The van der Waals surface area contributed by atoms with Crippen molar-refractivity contribution in [1.29, 1.82) is 0 Å². The second-order valence-corrected chi connectivity index (χ2v) is 7.19. The minimum atomic E-state index is -0.915. The number of hydrogen-bond donors (Lipinski definition) is 2. The molecule has 0 spiro atoms. The number of nitrogens with one attached hydrogen (secondary N) is 1. The summed E-state index contributed by atoms with van der Waals surface area (Å²) in [6.45, 7) is 4.26. The van der Waals surface area contributed by atoms with Crippen molar-refractivity contribution in [2.24, 2.45) is 5.92 Å². The zero-order valence-corrected chi connectivity index (χ0v) is 13.8. The first-order valence-electron chi connectivity index (χ1n) is 7.37. The molecule has 0 radical (unpaired) electrons. The van der Waals surface area contributed by atoms with Crippen LogP contribution in [0.2, 0.25) is 0 Å². The Bertz CT molecular complexity index is 495. The van der Waals surface area contributed by atoms with Gasteiger partial charge in [0.2, 0.25) is 0 Å². The molecule has 1 atom stereocenters. The van der Waals surface area contributed by atoms with Crippen molar-refractivity contribution in [3.8, 4) is 0 Å². The van der Waals surface area contributed by atoms with Gasteiger partial charge in [-0.1, -0.05) is 0 Å². The van der Waals surface area contributed by atoms with E-state index in [4.69, 9.17) is 4.74 Å². The van der Waals surface area contributed by atoms with E-state index in [1.807, 2.05) is 6.92 Å². The fourth-order valence-electron chi connectivity index (χ4n) is 2.23. The van der Waals surface area contributed by atoms with E-state index in [9.17, 15) is 9.90 Å². The Kier molecular flexibility index (Phi) is 5.35. The molecule has 1 saturated carbocycles. The molecule has 1 fully saturated rings. The zero-order valence-electron chi connectivity index (χ0n) is 12.9. The van der Waals surface area contributed by atoms with Crippen LogP contribution < -0.4 is 5.32 Å². The van der Waals surface area contributed by atoms with Crippen molar-refractivity contribution in [2.75, 3.05) is 20.3 Å². The Morgan fingerprint density at radius 3 is 2.90 bits per heavy atom. The molecule has 1 aliphatic rings. The molecule has 1 amide bonds. The molecule has 6 heteroatoms. The van der Waals surface area contributed by atoms with Crippen molar-refractivity contribution in [3.63, 3.8) is 0 Å². The van der Waals surface area contributed by atoms with E-state index in [1.165, 1.54) is 24.2 Å². The van der Waals surface area contributed by atoms with Crippen LogP contribution in [0.25, 0.3) is 0 Å². The molecule has 0 bridgehead atoms. The van der Waals surface area contributed by atoms with Gasteiger partial charge in [0.05, 0.1) is 22.9 Å². The minimum Gasteiger partial charge on any atom is -0.388 e. The van der Waals surface area contributed by atoms with Gasteiger partial charge < -0.3 is 15.2 Å². The van der Waals surface area contributed by atoms with E-state index < -0.39 is 5.60 Å². The molecule has 1 aromatic heterocycles. The fraction of sp³-hybridized carbons (Fsp3) is 0.733. The van der Waals surface area contributed by atoms with Crippen LogP contribution in [-0.4, -0.2) is 41.9 Å². The van der Waals surface area contributed by atoms with E-state index in [0.717, 1.165) is 23.0 Å². The third kappa shape index (κ3) is 5.05. The summed E-state index contributed by atoms with van der Waals surface area (Å²) in [5, 5.41) is 13.9. The minimum absolute atomic E-state index is 0.0970. The summed E-state index contributed by atoms with van der Waals surface area (Å²) in [5.41, 5.74) is -0.112. The van der Waals surface area contributed by atoms with Crippen LogP contribution in [0.4, 0.5) is 0 Å². The second-order valence-electron chi connectivity index (χ2n) is 6.11. The quantitative estimate of drug-likeness (QED) is 0.769. The first-order chi connectivity index (χ1) is 9.91. The Morgan fingerprint density at radius 2 is 2.29 bits per heavy atom. The Hall–Kier alpha value is -0.980. The van der Waals surface area contributed by atoms with Crippen LogP contribution in [-0.2, 0) is 11.2 Å². The zero-order chi connectivity index (χ0) is 15.5. The summed E-state index contributed by atoms with van der Waals surface area (Å²) in [6.07, 6.45) is 4.03. The first kappa shape index (κ1) is 16.4. The van der Waals surface area contributed by atoms with Crippen LogP contribution in [0.1, 0.15) is 46.6 Å². The van der Waals surface area contributed by atoms with Gasteiger partial charge in [-0.25, -0.2) is 4.98 Å². The number of ether oxygens (including phenoxy) is 1. The van der Waals surface area contributed by atoms with E-state index in [1.54, 1.807) is 14.0 Å². The number of hydrogen-bond acceptors (Lipinski definition) is 5. The van der Waals surface area contributed by atoms with E-state index in [-0.39, 0.29) is 12.5 Å². The standard InChI is InChI=1S/C15H24N2O3S/c1-10-13(21-12(17-10)8-11-4-5-11)14(18)16-7-6-15(2,19)9-20-3/h11,19H,4-9H2,1-3H3,(H,16,18). The van der Waals surface area contributed by atoms with Crippen LogP contribution in [0.3, 0.4) is 0 Å². The summed E-state index contributed by atoms with van der Waals surface area (Å²) >= 11 is 1.49. The van der Waals surface area contributed by atoms with Crippen LogP contribution in [0.15, 0.2) is 0 Å². The molecule has 5 nitrogen and oxygen atoms in total. The number of rotatable bonds is 8. The summed E-state index contributed by atoms with van der Waals surface area (Å²) in [5.74, 6) is 0.677. The van der Waals surface area contributed by atoms with Crippen molar-refractivity contribution in [2.45, 2.75) is 45.1 Å². The molecule has 21 heavy (non-hydrogen) atoms. The van der Waals surface area contributed by atoms with Crippen molar-refractivity contribution in [3.05, 3.63) is 15.6 Å². The van der Waals surface area contributed by atoms with Gasteiger partial charge in [0.15, 0.2) is 0 Å². The lowest BCUT2D eigenvalue weighted by atomic mass is 10.0. The summed E-state index contributed by atoms with van der Waals surface area (Å²) in [7, 11) is 1.55. The number of aliphatic hydroxyl groups is 1. The molecule has 2 rings (SSSR count). The topological polar surface area (TPSA) is 71.5 Å². The Balaban J connectivity index is 1.83. The highest BCUT2D eigenvalue weighted by molar-refractivity contribution is 7.13. The average Bonchev–Trinajstić information content (AvgIpc) is 3.11. The summed E-state index contributed by atoms with van der Waals surface area (Å²) in [6, 6.07) is 0. The third-order valence-corrected chi connectivity index (χ3v) is 4.79. The lowest BCUT2D eigenvalue weighted by molar-refractivity contribution is -0.0218. The molecule has 1 heterocycles. The van der Waals surface area contributed by atoms with Gasteiger partial charge in [-0.05, 0) is 39.0 Å². The molecular formula is C15H24N2O3S. The molecule has 0 aromatic carbocycles. The number of methoxy groups -OCH3 is 1. The predicted molar refractivity (Wildman–Crippen MR) is 82.7 cm³/mol. The van der Waals surface area contributed by atoms with Crippen LogP contribution in [0, 0.1) is 12.8 Å². The largest absolute Gasteiger partial charge is 0.388 e. The van der Waals surface area contributed by atoms with Gasteiger partial charge in [0, 0.05) is 20.1 Å². The van der Waals surface area contributed by atoms with Gasteiger partial charge in [0.25, 0.3) is 5.91 Å². The maximum atomic E-state index is 12.2. The van der Waals surface area contributed by atoms with Crippen molar-refractivity contribution < 1.29 is 14.6 Å². The van der Waals surface area contributed by atoms with Gasteiger partial charge in [-0.15, -0.1) is 11.3 Å². The third-order valence-electron chi connectivity index (χ3n) is 3.61. The summed E-state index contributed by atoms with van der Waals surface area (Å²) in [4.78, 5) is 17.3. The molecule has 1 aromatic rings. The first-order valence-corrected chi connectivity index (χ1v) is 8.19. The highest BCUT2D eigenvalue weighted by atomic mass is 32.1. The smallest absolute Gasteiger partial charge is 0.263 e. The number of nitrogens with zero attached hydrogens (tertiary/aromatic N) is 1. The molecule has 0 aliphatic heterocycles. The SMILES string of the molecule is COCC(C)(O)CCNC(=O)c1sc(CC2CC2)nc1C. The van der Waals surface area contributed by atoms with Gasteiger partial charge in [-0.3, -0.25) is 4.79 Å². The lowest BCUT2D eigenvalue weighted by Crippen LogP contribution is -2.36. The predicted octanol–water partition coefficient (Wildman–Crippen LogP) is 1.92. The maximum Gasteiger partial charge on any atom is 0.263 e. The van der Waals surface area contributed by atoms with Crippen molar-refractivity contribution >= 4 is 17.2 Å². The van der Waals surface area contributed by atoms with Gasteiger partial charge in [0.1, 0.15) is 4.88 Å². The maximum absolute atomic E-state index is 12.2. The Morgan fingerprint density at radius 1 is 1.57 bits per heavy atom. The number of aromatic nitrogens is 1. The van der Waals surface area contributed by atoms with Crippen molar-refractivity contribution in [1.82, 2.24) is 10.3 Å². The van der Waals surface area contributed by atoms with E-state index >= 15 is 0 Å².